The standard InChI is InChI=1S/C20H14F4N4O/c1-12-9-17-26-27(11-13-3-2-4-16(21)10-13)19(29)28(17)18(25-12)14-5-7-15(8-6-14)20(22,23)24/h2-10H,11H2,1H3. The monoisotopic (exact) mass is 402 g/mol. The molecule has 9 heteroatoms. The number of rotatable bonds is 3. The van der Waals surface area contributed by atoms with E-state index in [1.807, 2.05) is 0 Å². The minimum atomic E-state index is -4.46. The second-order valence-electron chi connectivity index (χ2n) is 6.56. The molecule has 0 atom stereocenters. The summed E-state index contributed by atoms with van der Waals surface area (Å²) in [6.45, 7) is 1.74. The molecule has 0 aliphatic carbocycles. The third kappa shape index (κ3) is 3.63. The summed E-state index contributed by atoms with van der Waals surface area (Å²) in [5.74, 6) is -0.244. The first-order valence-corrected chi connectivity index (χ1v) is 8.62. The molecule has 2 heterocycles. The highest BCUT2D eigenvalue weighted by atomic mass is 19.4. The molecule has 0 bridgehead atoms. The van der Waals surface area contributed by atoms with Crippen LogP contribution in [-0.2, 0) is 12.7 Å². The largest absolute Gasteiger partial charge is 0.416 e. The van der Waals surface area contributed by atoms with Crippen LogP contribution < -0.4 is 5.69 Å². The molecule has 2 aromatic carbocycles. The molecule has 0 radical (unpaired) electrons. The van der Waals surface area contributed by atoms with E-state index in [9.17, 15) is 22.4 Å². The highest BCUT2D eigenvalue weighted by molar-refractivity contribution is 5.60. The van der Waals surface area contributed by atoms with E-state index in [1.165, 1.54) is 39.4 Å². The number of nitrogens with zero attached hydrogens (tertiary/aromatic N) is 4. The Labute approximate surface area is 161 Å². The van der Waals surface area contributed by atoms with Crippen molar-refractivity contribution in [2.45, 2.75) is 19.6 Å². The van der Waals surface area contributed by atoms with Gasteiger partial charge in [0.1, 0.15) is 11.6 Å². The molecule has 0 fully saturated rings. The Kier molecular flexibility index (Phi) is 4.45. The Balaban J connectivity index is 1.83. The SMILES string of the molecule is Cc1cc2nn(Cc3cccc(F)c3)c(=O)n2c(-c2ccc(C(F)(F)F)cc2)n1. The van der Waals surface area contributed by atoms with Crippen LogP contribution in [0.3, 0.4) is 0 Å². The molecule has 2 aromatic heterocycles. The second kappa shape index (κ2) is 6.84. The normalized spacial score (nSPS) is 11.9. The molecule has 4 rings (SSSR count). The van der Waals surface area contributed by atoms with E-state index in [1.54, 1.807) is 19.1 Å². The molecule has 0 aliphatic rings. The van der Waals surface area contributed by atoms with Crippen molar-refractivity contribution in [1.82, 2.24) is 19.2 Å². The number of aryl methyl sites for hydroxylation is 1. The maximum atomic E-state index is 13.4. The lowest BCUT2D eigenvalue weighted by molar-refractivity contribution is -0.137. The third-order valence-electron chi connectivity index (χ3n) is 4.39. The van der Waals surface area contributed by atoms with Gasteiger partial charge in [0.2, 0.25) is 0 Å². The summed E-state index contributed by atoms with van der Waals surface area (Å²) >= 11 is 0. The first-order chi connectivity index (χ1) is 13.7. The van der Waals surface area contributed by atoms with Crippen LogP contribution in [0.25, 0.3) is 17.0 Å². The van der Waals surface area contributed by atoms with Gasteiger partial charge in [0.25, 0.3) is 0 Å². The molecule has 0 spiro atoms. The van der Waals surface area contributed by atoms with Crippen LogP contribution in [0.1, 0.15) is 16.8 Å². The number of hydrogen-bond donors (Lipinski definition) is 0. The molecule has 5 nitrogen and oxygen atoms in total. The predicted molar refractivity (Wildman–Crippen MR) is 97.9 cm³/mol. The fourth-order valence-electron chi connectivity index (χ4n) is 3.07. The molecule has 4 aromatic rings. The van der Waals surface area contributed by atoms with Gasteiger partial charge in [-0.05, 0) is 36.8 Å². The van der Waals surface area contributed by atoms with E-state index in [2.05, 4.69) is 10.1 Å². The zero-order chi connectivity index (χ0) is 20.8. The predicted octanol–water partition coefficient (Wildman–Crippen LogP) is 4.07. The molecule has 29 heavy (non-hydrogen) atoms. The number of hydrogen-bond acceptors (Lipinski definition) is 3. The number of benzene rings is 2. The van der Waals surface area contributed by atoms with Gasteiger partial charge in [-0.2, -0.15) is 13.2 Å². The minimum Gasteiger partial charge on any atom is -0.245 e. The number of aromatic nitrogens is 4. The summed E-state index contributed by atoms with van der Waals surface area (Å²) < 4.78 is 54.3. The van der Waals surface area contributed by atoms with Crippen LogP contribution in [0.15, 0.2) is 59.4 Å². The van der Waals surface area contributed by atoms with Gasteiger partial charge in [-0.3, -0.25) is 0 Å². The van der Waals surface area contributed by atoms with E-state index in [4.69, 9.17) is 0 Å². The summed E-state index contributed by atoms with van der Waals surface area (Å²) in [4.78, 5) is 17.2. The van der Waals surface area contributed by atoms with E-state index in [0.717, 1.165) is 12.1 Å². The van der Waals surface area contributed by atoms with E-state index < -0.39 is 23.2 Å². The van der Waals surface area contributed by atoms with E-state index >= 15 is 0 Å². The van der Waals surface area contributed by atoms with Crippen LogP contribution in [0.5, 0.6) is 0 Å². The van der Waals surface area contributed by atoms with Gasteiger partial charge in [-0.15, -0.1) is 5.10 Å². The summed E-state index contributed by atoms with van der Waals surface area (Å²) in [7, 11) is 0. The zero-order valence-electron chi connectivity index (χ0n) is 15.1. The number of alkyl halides is 3. The fourth-order valence-corrected chi connectivity index (χ4v) is 3.07. The third-order valence-corrected chi connectivity index (χ3v) is 4.39. The number of halogens is 4. The fraction of sp³-hybridized carbons (Fsp3) is 0.150. The van der Waals surface area contributed by atoms with Gasteiger partial charge < -0.3 is 0 Å². The molecule has 148 valence electrons. The van der Waals surface area contributed by atoms with Crippen LogP contribution in [0.2, 0.25) is 0 Å². The topological polar surface area (TPSA) is 52.2 Å². The Hall–Kier alpha value is -3.49. The quantitative estimate of drug-likeness (QED) is 0.486. The molecular formula is C20H14F4N4O. The van der Waals surface area contributed by atoms with Gasteiger partial charge in [0, 0.05) is 17.3 Å². The lowest BCUT2D eigenvalue weighted by atomic mass is 10.1. The molecule has 0 saturated carbocycles. The number of fused-ring (bicyclic) bond motifs is 1. The summed E-state index contributed by atoms with van der Waals surface area (Å²) in [5.41, 5.74) is 0.436. The van der Waals surface area contributed by atoms with Crippen LogP contribution in [0, 0.1) is 12.7 Å². The van der Waals surface area contributed by atoms with Crippen molar-refractivity contribution < 1.29 is 17.6 Å². The van der Waals surface area contributed by atoms with Crippen molar-refractivity contribution in [2.24, 2.45) is 0 Å². The van der Waals surface area contributed by atoms with Gasteiger partial charge in [-0.25, -0.2) is 23.3 Å². The Bertz CT molecular complexity index is 1260. The molecular weight excluding hydrogens is 388 g/mol. The lowest BCUT2D eigenvalue weighted by Gasteiger charge is -2.08. The Morgan fingerprint density at radius 3 is 2.41 bits per heavy atom. The second-order valence-corrected chi connectivity index (χ2v) is 6.56. The first kappa shape index (κ1) is 18.9. The van der Waals surface area contributed by atoms with Crippen molar-refractivity contribution in [3.05, 3.63) is 87.7 Å². The van der Waals surface area contributed by atoms with Crippen molar-refractivity contribution in [1.29, 1.82) is 0 Å². The highest BCUT2D eigenvalue weighted by Crippen LogP contribution is 2.30. The maximum absolute atomic E-state index is 13.4. The van der Waals surface area contributed by atoms with Crippen molar-refractivity contribution in [2.75, 3.05) is 0 Å². The van der Waals surface area contributed by atoms with Crippen molar-refractivity contribution >= 4 is 5.65 Å². The molecule has 0 aliphatic heterocycles. The van der Waals surface area contributed by atoms with Gasteiger partial charge in [0.15, 0.2) is 5.65 Å². The minimum absolute atomic E-state index is 0.0454. The Morgan fingerprint density at radius 2 is 1.76 bits per heavy atom. The van der Waals surface area contributed by atoms with Gasteiger partial charge in [-0.1, -0.05) is 24.3 Å². The average Bonchev–Trinajstić information content (AvgIpc) is 2.96. The van der Waals surface area contributed by atoms with Crippen LogP contribution in [-0.4, -0.2) is 19.2 Å². The van der Waals surface area contributed by atoms with Crippen molar-refractivity contribution in [3.63, 3.8) is 0 Å². The van der Waals surface area contributed by atoms with E-state index in [0.29, 0.717) is 22.5 Å². The lowest BCUT2D eigenvalue weighted by Crippen LogP contribution is -2.23. The van der Waals surface area contributed by atoms with E-state index in [-0.39, 0.29) is 12.4 Å². The van der Waals surface area contributed by atoms with Gasteiger partial charge >= 0.3 is 11.9 Å². The first-order valence-electron chi connectivity index (χ1n) is 8.62. The summed E-state index contributed by atoms with van der Waals surface area (Å²) in [6.07, 6.45) is -4.46. The molecule has 0 amide bonds. The maximum Gasteiger partial charge on any atom is 0.416 e. The van der Waals surface area contributed by atoms with Gasteiger partial charge in [0.05, 0.1) is 12.1 Å². The average molecular weight is 402 g/mol. The summed E-state index contributed by atoms with van der Waals surface area (Å²) in [6, 6.07) is 11.8. The smallest absolute Gasteiger partial charge is 0.245 e. The molecule has 0 saturated heterocycles. The summed E-state index contributed by atoms with van der Waals surface area (Å²) in [5, 5.41) is 4.27. The zero-order valence-corrected chi connectivity index (χ0v) is 15.1. The highest BCUT2D eigenvalue weighted by Gasteiger charge is 2.30. The van der Waals surface area contributed by atoms with Crippen molar-refractivity contribution in [3.8, 4) is 11.4 Å². The molecule has 0 N–H and O–H groups in total. The van der Waals surface area contributed by atoms with Crippen LogP contribution in [0.4, 0.5) is 17.6 Å². The Morgan fingerprint density at radius 1 is 1.03 bits per heavy atom. The molecule has 0 unspecified atom stereocenters. The van der Waals surface area contributed by atoms with Crippen LogP contribution >= 0.6 is 0 Å².